The quantitative estimate of drug-likeness (QED) is 0.0959. The summed E-state index contributed by atoms with van der Waals surface area (Å²) in [7, 11) is 4.46. The van der Waals surface area contributed by atoms with Gasteiger partial charge >= 0.3 is 0 Å². The lowest BCUT2D eigenvalue weighted by molar-refractivity contribution is -0.121. The maximum atomic E-state index is 13.9. The molecule has 1 aromatic heterocycles. The third-order valence-corrected chi connectivity index (χ3v) is 9.89. The van der Waals surface area contributed by atoms with Gasteiger partial charge in [-0.25, -0.2) is 9.88 Å². The molecule has 1 saturated heterocycles. The van der Waals surface area contributed by atoms with Crippen LogP contribution >= 0.6 is 11.8 Å². The Morgan fingerprint density at radius 3 is 2.25 bits per heavy atom. The first-order valence-corrected chi connectivity index (χ1v) is 17.9. The van der Waals surface area contributed by atoms with Crippen LogP contribution in [0.25, 0.3) is 28.6 Å². The van der Waals surface area contributed by atoms with Crippen molar-refractivity contribution in [2.45, 2.75) is 16.6 Å². The lowest BCUT2D eigenvalue weighted by Gasteiger charge is -2.16. The molecule has 12 nitrogen and oxygen atoms in total. The van der Waals surface area contributed by atoms with E-state index in [2.05, 4.69) is 15.6 Å². The van der Waals surface area contributed by atoms with Crippen LogP contribution in [0.5, 0.6) is 17.2 Å². The van der Waals surface area contributed by atoms with Crippen LogP contribution in [-0.4, -0.2) is 55.2 Å². The van der Waals surface area contributed by atoms with E-state index in [9.17, 15) is 19.2 Å². The highest BCUT2D eigenvalue weighted by Crippen LogP contribution is 2.37. The number of aromatic nitrogens is 1. The monoisotopic (exact) mass is 754 g/mol. The van der Waals surface area contributed by atoms with E-state index < -0.39 is 17.1 Å². The van der Waals surface area contributed by atoms with Gasteiger partial charge in [0.2, 0.25) is 17.7 Å². The number of nitrogens with one attached hydrogen (secondary N) is 2. The number of amides is 4. The van der Waals surface area contributed by atoms with Crippen LogP contribution in [0.4, 0.5) is 11.4 Å². The summed E-state index contributed by atoms with van der Waals surface area (Å²) in [6.45, 7) is 0. The largest absolute Gasteiger partial charge is 0.496 e. The smallest absolute Gasteiger partial charge is 0.272 e. The number of methoxy groups -OCH3 is 3. The van der Waals surface area contributed by atoms with E-state index in [1.54, 1.807) is 91.0 Å². The molecule has 7 rings (SSSR count). The Kier molecular flexibility index (Phi) is 10.6. The predicted molar refractivity (Wildman–Crippen MR) is 209 cm³/mol. The highest BCUT2D eigenvalue weighted by atomic mass is 32.2. The highest BCUT2D eigenvalue weighted by molar-refractivity contribution is 8.00. The minimum absolute atomic E-state index is 0.00146. The molecule has 2 N–H and O–H groups in total. The van der Waals surface area contributed by atoms with Crippen molar-refractivity contribution in [2.24, 2.45) is 0 Å². The zero-order chi connectivity index (χ0) is 38.5. The van der Waals surface area contributed by atoms with Crippen LogP contribution in [0.15, 0.2) is 130 Å². The Labute approximate surface area is 320 Å². The van der Waals surface area contributed by atoms with Crippen molar-refractivity contribution in [1.29, 1.82) is 0 Å². The number of hydrogen-bond donors (Lipinski definition) is 2. The van der Waals surface area contributed by atoms with Crippen molar-refractivity contribution in [3.05, 3.63) is 132 Å². The Balaban J connectivity index is 1.08. The number of carbonyl (C=O) groups excluding carboxylic acids is 4. The summed E-state index contributed by atoms with van der Waals surface area (Å²) in [4.78, 5) is 60.2. The predicted octanol–water partition coefficient (Wildman–Crippen LogP) is 7.35. The fourth-order valence-electron chi connectivity index (χ4n) is 5.99. The van der Waals surface area contributed by atoms with Gasteiger partial charge in [0.1, 0.15) is 17.0 Å². The number of oxazole rings is 1. The molecule has 4 amide bonds. The summed E-state index contributed by atoms with van der Waals surface area (Å²) < 4.78 is 22.3. The van der Waals surface area contributed by atoms with Crippen molar-refractivity contribution in [3.8, 4) is 28.7 Å². The lowest BCUT2D eigenvalue weighted by Crippen LogP contribution is -2.31. The molecule has 13 heteroatoms. The number of ether oxygens (including phenoxy) is 3. The number of anilines is 2. The molecule has 0 aliphatic carbocycles. The number of carbonyl (C=O) groups is 4. The average Bonchev–Trinajstić information content (AvgIpc) is 3.77. The van der Waals surface area contributed by atoms with Crippen LogP contribution in [0.3, 0.4) is 0 Å². The molecule has 55 heavy (non-hydrogen) atoms. The maximum absolute atomic E-state index is 13.9. The number of rotatable bonds is 12. The molecule has 0 radical (unpaired) electrons. The summed E-state index contributed by atoms with van der Waals surface area (Å²) in [6.07, 6.45) is 1.48. The van der Waals surface area contributed by atoms with Crippen molar-refractivity contribution in [3.63, 3.8) is 0 Å². The SMILES string of the molecule is COc1cc(OC)c(OC)cc1/C=C(\NC(=O)c1ccccc1)C(=O)Nc1cccc(SC2CC(=O)N(c3ccc(-c4nc5ccccc5o4)cc3)C2=O)c1. The minimum atomic E-state index is -0.687. The second-order valence-corrected chi connectivity index (χ2v) is 13.5. The van der Waals surface area contributed by atoms with E-state index in [0.717, 1.165) is 5.52 Å². The zero-order valence-electron chi connectivity index (χ0n) is 29.9. The van der Waals surface area contributed by atoms with Crippen LogP contribution in [0, 0.1) is 0 Å². The van der Waals surface area contributed by atoms with E-state index in [4.69, 9.17) is 18.6 Å². The Bertz CT molecular complexity index is 2410. The molecular weight excluding hydrogens is 721 g/mol. The van der Waals surface area contributed by atoms with E-state index in [1.165, 1.54) is 44.1 Å². The number of benzene rings is 5. The first-order valence-electron chi connectivity index (χ1n) is 17.0. The second-order valence-electron chi connectivity index (χ2n) is 12.2. The molecule has 2 heterocycles. The van der Waals surface area contributed by atoms with E-state index in [1.807, 2.05) is 24.3 Å². The van der Waals surface area contributed by atoms with Gasteiger partial charge in [-0.1, -0.05) is 36.4 Å². The summed E-state index contributed by atoms with van der Waals surface area (Å²) >= 11 is 1.22. The van der Waals surface area contributed by atoms with E-state index in [0.29, 0.717) is 61.7 Å². The molecule has 1 aliphatic rings. The first-order chi connectivity index (χ1) is 26.7. The van der Waals surface area contributed by atoms with E-state index in [-0.39, 0.29) is 23.9 Å². The summed E-state index contributed by atoms with van der Waals surface area (Å²) in [5, 5.41) is 4.88. The van der Waals surface area contributed by atoms with Crippen molar-refractivity contribution < 1.29 is 37.8 Å². The lowest BCUT2D eigenvalue weighted by atomic mass is 10.1. The first kappa shape index (κ1) is 36.5. The second kappa shape index (κ2) is 16.0. The molecule has 1 unspecified atom stereocenters. The third kappa shape index (κ3) is 7.92. The molecule has 0 bridgehead atoms. The van der Waals surface area contributed by atoms with Crippen molar-refractivity contribution >= 4 is 63.9 Å². The summed E-state index contributed by atoms with van der Waals surface area (Å²) in [5.74, 6) is -0.168. The summed E-state index contributed by atoms with van der Waals surface area (Å²) in [6, 6.07) is 33.0. The average molecular weight is 755 g/mol. The standard InChI is InChI=1S/C42H34N4O8S/c1-51-34-23-36(53-3)35(52-2)21-27(34)20-32(44-39(48)25-10-5-4-6-11-25)40(49)43-28-12-9-13-30(22-28)55-37-24-38(47)46(42(37)50)29-18-16-26(17-19-29)41-45-31-14-7-8-15-33(31)54-41/h4-23,37H,24H2,1-3H3,(H,43,49)(H,44,48)/b32-20-. The van der Waals surface area contributed by atoms with Crippen LogP contribution in [0.2, 0.25) is 0 Å². The van der Waals surface area contributed by atoms with Gasteiger partial charge in [-0.3, -0.25) is 19.2 Å². The van der Waals surface area contributed by atoms with Crippen molar-refractivity contribution in [2.75, 3.05) is 31.5 Å². The molecule has 1 fully saturated rings. The zero-order valence-corrected chi connectivity index (χ0v) is 30.7. The van der Waals surface area contributed by atoms with Gasteiger partial charge in [-0.2, -0.15) is 0 Å². The van der Waals surface area contributed by atoms with Gasteiger partial charge in [-0.05, 0) is 78.9 Å². The molecular formula is C42H34N4O8S. The number of thioether (sulfide) groups is 1. The number of hydrogen-bond acceptors (Lipinski definition) is 10. The number of nitrogens with zero attached hydrogens (tertiary/aromatic N) is 2. The summed E-state index contributed by atoms with van der Waals surface area (Å²) in [5.41, 5.74) is 3.67. The molecule has 1 atom stereocenters. The van der Waals surface area contributed by atoms with Gasteiger partial charge in [0.05, 0.1) is 32.3 Å². The van der Waals surface area contributed by atoms with Gasteiger partial charge < -0.3 is 29.3 Å². The molecule has 0 saturated carbocycles. The van der Waals surface area contributed by atoms with Gasteiger partial charge in [0.25, 0.3) is 11.8 Å². The Morgan fingerprint density at radius 1 is 0.818 bits per heavy atom. The molecule has 276 valence electrons. The molecule has 1 aliphatic heterocycles. The van der Waals surface area contributed by atoms with Crippen LogP contribution in [0.1, 0.15) is 22.3 Å². The topological polar surface area (TPSA) is 149 Å². The third-order valence-electron chi connectivity index (χ3n) is 8.71. The maximum Gasteiger partial charge on any atom is 0.272 e. The normalized spacial score (nSPS) is 14.2. The van der Waals surface area contributed by atoms with Gasteiger partial charge in [0.15, 0.2) is 17.1 Å². The highest BCUT2D eigenvalue weighted by Gasteiger charge is 2.40. The minimum Gasteiger partial charge on any atom is -0.496 e. The molecule has 5 aromatic carbocycles. The van der Waals surface area contributed by atoms with Crippen molar-refractivity contribution in [1.82, 2.24) is 10.3 Å². The fourth-order valence-corrected chi connectivity index (χ4v) is 7.10. The molecule has 6 aromatic rings. The Hall–Kier alpha value is -6.86. The van der Waals surface area contributed by atoms with Crippen LogP contribution < -0.4 is 29.7 Å². The molecule has 0 spiro atoms. The van der Waals surface area contributed by atoms with Gasteiger partial charge in [0, 0.05) is 39.8 Å². The Morgan fingerprint density at radius 2 is 1.53 bits per heavy atom. The van der Waals surface area contributed by atoms with E-state index >= 15 is 0 Å². The fraction of sp³-hybridized carbons (Fsp3) is 0.119. The number of imide groups is 1. The number of para-hydroxylation sites is 2. The van der Waals surface area contributed by atoms with Crippen LogP contribution in [-0.2, 0) is 14.4 Å². The number of fused-ring (bicyclic) bond motifs is 1. The van der Waals surface area contributed by atoms with Gasteiger partial charge in [-0.15, -0.1) is 11.8 Å².